The summed E-state index contributed by atoms with van der Waals surface area (Å²) >= 11 is 6.09. The van der Waals surface area contributed by atoms with Crippen molar-refractivity contribution in [3.63, 3.8) is 0 Å². The SMILES string of the molecule is COc1c(Cl)cc2c(c1CC#N)OCCCO2. The van der Waals surface area contributed by atoms with E-state index in [0.29, 0.717) is 41.0 Å². The first-order chi connectivity index (χ1) is 8.27. The van der Waals surface area contributed by atoms with Crippen LogP contribution < -0.4 is 14.2 Å². The molecule has 1 aromatic rings. The fraction of sp³-hybridized carbons (Fsp3) is 0.417. The summed E-state index contributed by atoms with van der Waals surface area (Å²) in [5.74, 6) is 1.64. The number of fused-ring (bicyclic) bond motifs is 1. The first-order valence-corrected chi connectivity index (χ1v) is 5.67. The van der Waals surface area contributed by atoms with E-state index >= 15 is 0 Å². The topological polar surface area (TPSA) is 51.5 Å². The van der Waals surface area contributed by atoms with Crippen LogP contribution >= 0.6 is 11.6 Å². The molecule has 1 heterocycles. The summed E-state index contributed by atoms with van der Waals surface area (Å²) in [5.41, 5.74) is 0.652. The van der Waals surface area contributed by atoms with Crippen LogP contribution in [0.25, 0.3) is 0 Å². The van der Waals surface area contributed by atoms with Crippen molar-refractivity contribution in [1.82, 2.24) is 0 Å². The van der Waals surface area contributed by atoms with Gasteiger partial charge in [-0.15, -0.1) is 0 Å². The Morgan fingerprint density at radius 1 is 1.47 bits per heavy atom. The molecule has 0 unspecified atom stereocenters. The van der Waals surface area contributed by atoms with Gasteiger partial charge in [0.15, 0.2) is 11.5 Å². The van der Waals surface area contributed by atoms with E-state index in [2.05, 4.69) is 6.07 Å². The maximum absolute atomic E-state index is 8.86. The number of benzene rings is 1. The summed E-state index contributed by atoms with van der Waals surface area (Å²) in [4.78, 5) is 0. The Hall–Kier alpha value is -1.60. The molecule has 90 valence electrons. The Balaban J connectivity index is 2.58. The van der Waals surface area contributed by atoms with E-state index in [1.165, 1.54) is 7.11 Å². The molecule has 17 heavy (non-hydrogen) atoms. The standard InChI is InChI=1S/C12H12ClNO3/c1-15-11-8(3-4-14)12-10(7-9(11)13)16-5-2-6-17-12/h7H,2-3,5-6H2,1H3. The van der Waals surface area contributed by atoms with Crippen LogP contribution in [0, 0.1) is 11.3 Å². The lowest BCUT2D eigenvalue weighted by Crippen LogP contribution is -2.00. The zero-order valence-electron chi connectivity index (χ0n) is 9.46. The molecule has 0 amide bonds. The fourth-order valence-corrected chi connectivity index (χ4v) is 2.07. The van der Waals surface area contributed by atoms with Crippen molar-refractivity contribution >= 4 is 11.6 Å². The van der Waals surface area contributed by atoms with E-state index in [1.54, 1.807) is 6.07 Å². The number of hydrogen-bond acceptors (Lipinski definition) is 4. The third kappa shape index (κ3) is 2.25. The van der Waals surface area contributed by atoms with Gasteiger partial charge in [-0.25, -0.2) is 0 Å². The number of ether oxygens (including phenoxy) is 3. The number of methoxy groups -OCH3 is 1. The lowest BCUT2D eigenvalue weighted by Gasteiger charge is -2.15. The number of rotatable bonds is 2. The molecule has 0 saturated carbocycles. The Labute approximate surface area is 105 Å². The maximum Gasteiger partial charge on any atom is 0.169 e. The second-order valence-electron chi connectivity index (χ2n) is 3.58. The van der Waals surface area contributed by atoms with Gasteiger partial charge in [0.25, 0.3) is 0 Å². The average Bonchev–Trinajstić information content (AvgIpc) is 2.54. The van der Waals surface area contributed by atoms with E-state index in [1.807, 2.05) is 0 Å². The summed E-state index contributed by atoms with van der Waals surface area (Å²) in [5, 5.41) is 9.29. The quantitative estimate of drug-likeness (QED) is 0.813. The van der Waals surface area contributed by atoms with Crippen molar-refractivity contribution in [2.24, 2.45) is 0 Å². The van der Waals surface area contributed by atoms with Crippen molar-refractivity contribution in [3.05, 3.63) is 16.7 Å². The lowest BCUT2D eigenvalue weighted by atomic mass is 10.1. The van der Waals surface area contributed by atoms with E-state index in [-0.39, 0.29) is 6.42 Å². The second kappa shape index (κ2) is 5.15. The molecule has 0 N–H and O–H groups in total. The van der Waals surface area contributed by atoms with Crippen LogP contribution in [0.5, 0.6) is 17.2 Å². The molecule has 1 aliphatic heterocycles. The summed E-state index contributed by atoms with van der Waals surface area (Å²) in [7, 11) is 1.52. The molecule has 0 aliphatic carbocycles. The van der Waals surface area contributed by atoms with Gasteiger partial charge in [-0.2, -0.15) is 5.26 Å². The Bertz CT molecular complexity index is 468. The van der Waals surface area contributed by atoms with Gasteiger partial charge in [-0.1, -0.05) is 11.6 Å². The third-order valence-corrected chi connectivity index (χ3v) is 2.78. The molecule has 0 saturated heterocycles. The van der Waals surface area contributed by atoms with E-state index in [0.717, 1.165) is 6.42 Å². The molecule has 0 spiro atoms. The predicted octanol–water partition coefficient (Wildman–Crippen LogP) is 2.58. The number of nitriles is 1. The first kappa shape index (κ1) is 11.9. The van der Waals surface area contributed by atoms with Crippen molar-refractivity contribution in [1.29, 1.82) is 5.26 Å². The lowest BCUT2D eigenvalue weighted by molar-refractivity contribution is 0.296. The van der Waals surface area contributed by atoms with Crippen molar-refractivity contribution in [3.8, 4) is 23.3 Å². The van der Waals surface area contributed by atoms with Crippen molar-refractivity contribution < 1.29 is 14.2 Å². The minimum atomic E-state index is 0.176. The highest BCUT2D eigenvalue weighted by atomic mass is 35.5. The van der Waals surface area contributed by atoms with Gasteiger partial charge < -0.3 is 14.2 Å². The van der Waals surface area contributed by atoms with E-state index in [4.69, 9.17) is 31.1 Å². The van der Waals surface area contributed by atoms with Crippen LogP contribution in [0.1, 0.15) is 12.0 Å². The molecule has 1 aromatic carbocycles. The van der Waals surface area contributed by atoms with Gasteiger partial charge in [0, 0.05) is 12.5 Å². The zero-order valence-corrected chi connectivity index (χ0v) is 10.2. The fourth-order valence-electron chi connectivity index (χ4n) is 1.78. The van der Waals surface area contributed by atoms with Crippen molar-refractivity contribution in [2.45, 2.75) is 12.8 Å². The van der Waals surface area contributed by atoms with E-state index < -0.39 is 0 Å². The largest absolute Gasteiger partial charge is 0.495 e. The smallest absolute Gasteiger partial charge is 0.169 e. The van der Waals surface area contributed by atoms with Crippen LogP contribution in [-0.2, 0) is 6.42 Å². The minimum absolute atomic E-state index is 0.176. The Kier molecular flexibility index (Phi) is 3.60. The molecule has 2 rings (SSSR count). The monoisotopic (exact) mass is 253 g/mol. The van der Waals surface area contributed by atoms with Crippen LogP contribution in [0.4, 0.5) is 0 Å². The van der Waals surface area contributed by atoms with Crippen LogP contribution in [-0.4, -0.2) is 20.3 Å². The summed E-state index contributed by atoms with van der Waals surface area (Å²) in [6.07, 6.45) is 0.982. The molecule has 4 nitrogen and oxygen atoms in total. The molecular formula is C12H12ClNO3. The number of hydrogen-bond donors (Lipinski definition) is 0. The van der Waals surface area contributed by atoms with Crippen molar-refractivity contribution in [2.75, 3.05) is 20.3 Å². The molecular weight excluding hydrogens is 242 g/mol. The number of nitrogens with zero attached hydrogens (tertiary/aromatic N) is 1. The summed E-state index contributed by atoms with van der Waals surface area (Å²) in [6.45, 7) is 1.15. The Morgan fingerprint density at radius 2 is 2.24 bits per heavy atom. The number of halogens is 1. The molecule has 0 atom stereocenters. The Morgan fingerprint density at radius 3 is 2.94 bits per heavy atom. The molecule has 1 aliphatic rings. The molecule has 0 bridgehead atoms. The molecule has 5 heteroatoms. The predicted molar refractivity (Wildman–Crippen MR) is 62.9 cm³/mol. The summed E-state index contributed by atoms with van der Waals surface area (Å²) < 4.78 is 16.4. The second-order valence-corrected chi connectivity index (χ2v) is 3.99. The van der Waals surface area contributed by atoms with Crippen LogP contribution in [0.3, 0.4) is 0 Å². The first-order valence-electron chi connectivity index (χ1n) is 5.30. The normalized spacial score (nSPS) is 13.7. The van der Waals surface area contributed by atoms with Gasteiger partial charge in [0.1, 0.15) is 5.75 Å². The van der Waals surface area contributed by atoms with Gasteiger partial charge in [-0.3, -0.25) is 0 Å². The van der Waals surface area contributed by atoms with Crippen LogP contribution in [0.15, 0.2) is 6.07 Å². The molecule has 0 fully saturated rings. The molecule has 0 aromatic heterocycles. The van der Waals surface area contributed by atoms with Gasteiger partial charge in [-0.05, 0) is 0 Å². The highest BCUT2D eigenvalue weighted by Crippen LogP contribution is 2.43. The van der Waals surface area contributed by atoms with Crippen LogP contribution in [0.2, 0.25) is 5.02 Å². The highest BCUT2D eigenvalue weighted by molar-refractivity contribution is 6.32. The summed E-state index contributed by atoms with van der Waals surface area (Å²) in [6, 6.07) is 3.75. The van der Waals surface area contributed by atoms with Gasteiger partial charge >= 0.3 is 0 Å². The minimum Gasteiger partial charge on any atom is -0.495 e. The van der Waals surface area contributed by atoms with E-state index in [9.17, 15) is 0 Å². The third-order valence-electron chi connectivity index (χ3n) is 2.50. The van der Waals surface area contributed by atoms with Gasteiger partial charge in [0.2, 0.25) is 0 Å². The zero-order chi connectivity index (χ0) is 12.3. The van der Waals surface area contributed by atoms with Gasteiger partial charge in [0.05, 0.1) is 43.4 Å². The average molecular weight is 254 g/mol. The maximum atomic E-state index is 8.86. The molecule has 0 radical (unpaired) electrons. The highest BCUT2D eigenvalue weighted by Gasteiger charge is 2.21.